The zero-order valence-electron chi connectivity index (χ0n) is 8.22. The summed E-state index contributed by atoms with van der Waals surface area (Å²) in [5.74, 6) is 0.894. The number of aliphatic hydroxyl groups is 1. The zero-order chi connectivity index (χ0) is 9.59. The maximum Gasteiger partial charge on any atom is 0.128 e. The van der Waals surface area contributed by atoms with Crippen LogP contribution in [-0.2, 0) is 0 Å². The Balaban J connectivity index is 2.69. The summed E-state index contributed by atoms with van der Waals surface area (Å²) >= 11 is 0. The van der Waals surface area contributed by atoms with Gasteiger partial charge in [0.15, 0.2) is 0 Å². The molecule has 1 aliphatic heterocycles. The van der Waals surface area contributed by atoms with Crippen LogP contribution in [0.2, 0.25) is 0 Å². The fourth-order valence-corrected chi connectivity index (χ4v) is 1.92. The highest BCUT2D eigenvalue weighted by Gasteiger charge is 2.26. The smallest absolute Gasteiger partial charge is 0.128 e. The minimum absolute atomic E-state index is 0.403. The molecule has 0 amide bonds. The molecule has 1 aliphatic rings. The van der Waals surface area contributed by atoms with Crippen molar-refractivity contribution in [1.82, 2.24) is 0 Å². The Morgan fingerprint density at radius 2 is 2.00 bits per heavy atom. The lowest BCUT2D eigenvalue weighted by atomic mass is 9.97. The fourth-order valence-electron chi connectivity index (χ4n) is 1.92. The van der Waals surface area contributed by atoms with E-state index in [-0.39, 0.29) is 0 Å². The zero-order valence-corrected chi connectivity index (χ0v) is 8.22. The summed E-state index contributed by atoms with van der Waals surface area (Å²) in [6.07, 6.45) is -0.436. The van der Waals surface area contributed by atoms with Crippen LogP contribution >= 0.6 is 0 Å². The summed E-state index contributed by atoms with van der Waals surface area (Å²) in [6, 6.07) is 2.10. The molecule has 0 fully saturated rings. The molecule has 0 saturated heterocycles. The number of aryl methyl sites for hydroxylation is 2. The lowest BCUT2D eigenvalue weighted by Crippen LogP contribution is -1.98. The minimum Gasteiger partial charge on any atom is -0.490 e. The van der Waals surface area contributed by atoms with E-state index < -0.39 is 6.10 Å². The van der Waals surface area contributed by atoms with Crippen LogP contribution in [0.4, 0.5) is 0 Å². The van der Waals surface area contributed by atoms with E-state index in [9.17, 15) is 5.11 Å². The molecule has 0 aliphatic carbocycles. The Hall–Kier alpha value is -1.02. The van der Waals surface area contributed by atoms with Crippen LogP contribution < -0.4 is 4.74 Å². The molecule has 13 heavy (non-hydrogen) atoms. The van der Waals surface area contributed by atoms with Gasteiger partial charge < -0.3 is 9.84 Å². The van der Waals surface area contributed by atoms with Crippen LogP contribution in [0, 0.1) is 20.8 Å². The number of benzene rings is 1. The molecule has 0 aromatic heterocycles. The van der Waals surface area contributed by atoms with Gasteiger partial charge in [0.1, 0.15) is 18.5 Å². The molecule has 0 radical (unpaired) electrons. The van der Waals surface area contributed by atoms with Gasteiger partial charge in [-0.15, -0.1) is 0 Å². The van der Waals surface area contributed by atoms with Gasteiger partial charge in [0, 0.05) is 5.56 Å². The van der Waals surface area contributed by atoms with Gasteiger partial charge in [0.25, 0.3) is 0 Å². The number of hydrogen-bond acceptors (Lipinski definition) is 2. The van der Waals surface area contributed by atoms with E-state index in [2.05, 4.69) is 13.0 Å². The summed E-state index contributed by atoms with van der Waals surface area (Å²) in [5, 5.41) is 9.65. The molecule has 0 bridgehead atoms. The van der Waals surface area contributed by atoms with Gasteiger partial charge in [-0.1, -0.05) is 6.07 Å². The summed E-state index contributed by atoms with van der Waals surface area (Å²) in [6.45, 7) is 6.52. The SMILES string of the molecule is Cc1cc(C)c2c(c1C)OCC2O. The molecule has 0 saturated carbocycles. The average molecular weight is 178 g/mol. The van der Waals surface area contributed by atoms with Gasteiger partial charge in [-0.05, 0) is 37.5 Å². The Labute approximate surface area is 78.2 Å². The first-order chi connectivity index (χ1) is 6.11. The van der Waals surface area contributed by atoms with E-state index >= 15 is 0 Å². The highest BCUT2D eigenvalue weighted by atomic mass is 16.5. The molecule has 1 heterocycles. The topological polar surface area (TPSA) is 29.5 Å². The second kappa shape index (κ2) is 2.74. The van der Waals surface area contributed by atoms with Crippen molar-refractivity contribution in [3.63, 3.8) is 0 Å². The fraction of sp³-hybridized carbons (Fsp3) is 0.455. The van der Waals surface area contributed by atoms with Crippen molar-refractivity contribution in [2.75, 3.05) is 6.61 Å². The van der Waals surface area contributed by atoms with Crippen LogP contribution in [0.3, 0.4) is 0 Å². The molecule has 1 unspecified atom stereocenters. The third-order valence-corrected chi connectivity index (χ3v) is 2.75. The minimum atomic E-state index is -0.436. The molecule has 2 nitrogen and oxygen atoms in total. The van der Waals surface area contributed by atoms with Gasteiger partial charge in [-0.25, -0.2) is 0 Å². The number of hydrogen-bond donors (Lipinski definition) is 1. The largest absolute Gasteiger partial charge is 0.490 e. The predicted octanol–water partition coefficient (Wildman–Crippen LogP) is 2.04. The van der Waals surface area contributed by atoms with E-state index in [0.29, 0.717) is 6.61 Å². The summed E-state index contributed by atoms with van der Waals surface area (Å²) in [4.78, 5) is 0. The van der Waals surface area contributed by atoms with Gasteiger partial charge in [-0.3, -0.25) is 0 Å². The summed E-state index contributed by atoms with van der Waals surface area (Å²) in [5.41, 5.74) is 4.48. The quantitative estimate of drug-likeness (QED) is 0.658. The van der Waals surface area contributed by atoms with Gasteiger partial charge in [0.2, 0.25) is 0 Å². The number of rotatable bonds is 0. The molecule has 1 aromatic carbocycles. The number of fused-ring (bicyclic) bond motifs is 1. The Morgan fingerprint density at radius 1 is 1.31 bits per heavy atom. The Bertz CT molecular complexity index is 356. The van der Waals surface area contributed by atoms with Crippen LogP contribution in [0.25, 0.3) is 0 Å². The maximum absolute atomic E-state index is 9.65. The van der Waals surface area contributed by atoms with Gasteiger partial charge in [0.05, 0.1) is 0 Å². The molecule has 0 spiro atoms. The summed E-state index contributed by atoms with van der Waals surface area (Å²) < 4.78 is 5.45. The molecule has 1 atom stereocenters. The molecule has 1 N–H and O–H groups in total. The highest BCUT2D eigenvalue weighted by molar-refractivity contribution is 5.52. The van der Waals surface area contributed by atoms with Crippen molar-refractivity contribution in [1.29, 1.82) is 0 Å². The van der Waals surface area contributed by atoms with Gasteiger partial charge in [-0.2, -0.15) is 0 Å². The first kappa shape index (κ1) is 8.57. The van der Waals surface area contributed by atoms with Crippen molar-refractivity contribution in [3.8, 4) is 5.75 Å². The molecule has 2 rings (SSSR count). The monoisotopic (exact) mass is 178 g/mol. The van der Waals surface area contributed by atoms with Crippen molar-refractivity contribution in [2.24, 2.45) is 0 Å². The van der Waals surface area contributed by atoms with Crippen LogP contribution in [0.5, 0.6) is 5.75 Å². The normalized spacial score (nSPS) is 19.8. The van der Waals surface area contributed by atoms with E-state index in [4.69, 9.17) is 4.74 Å². The van der Waals surface area contributed by atoms with E-state index in [1.165, 1.54) is 5.56 Å². The van der Waals surface area contributed by atoms with E-state index in [1.807, 2.05) is 13.8 Å². The molecule has 1 aromatic rings. The number of ether oxygens (including phenoxy) is 1. The van der Waals surface area contributed by atoms with Crippen LogP contribution in [-0.4, -0.2) is 11.7 Å². The van der Waals surface area contributed by atoms with E-state index in [1.54, 1.807) is 0 Å². The lowest BCUT2D eigenvalue weighted by molar-refractivity contribution is 0.140. The Morgan fingerprint density at radius 3 is 2.69 bits per heavy atom. The van der Waals surface area contributed by atoms with Crippen molar-refractivity contribution in [3.05, 3.63) is 28.3 Å². The second-order valence-electron chi connectivity index (χ2n) is 3.70. The number of aliphatic hydroxyl groups excluding tert-OH is 1. The molecular formula is C11H14O2. The first-order valence-corrected chi connectivity index (χ1v) is 4.53. The van der Waals surface area contributed by atoms with Crippen molar-refractivity contribution < 1.29 is 9.84 Å². The lowest BCUT2D eigenvalue weighted by Gasteiger charge is -2.10. The van der Waals surface area contributed by atoms with Crippen LogP contribution in [0.1, 0.15) is 28.4 Å². The third-order valence-electron chi connectivity index (χ3n) is 2.75. The Kier molecular flexibility index (Phi) is 1.81. The van der Waals surface area contributed by atoms with Crippen molar-refractivity contribution >= 4 is 0 Å². The molecule has 70 valence electrons. The maximum atomic E-state index is 9.65. The average Bonchev–Trinajstić information content (AvgIpc) is 2.44. The third kappa shape index (κ3) is 1.13. The molecule has 2 heteroatoms. The van der Waals surface area contributed by atoms with E-state index in [0.717, 1.165) is 22.4 Å². The standard InChI is InChI=1S/C11H14O2/c1-6-4-7(2)10-9(12)5-13-11(10)8(6)3/h4,9,12H,5H2,1-3H3. The molecular weight excluding hydrogens is 164 g/mol. The second-order valence-corrected chi connectivity index (χ2v) is 3.70. The summed E-state index contributed by atoms with van der Waals surface area (Å²) in [7, 11) is 0. The van der Waals surface area contributed by atoms with Crippen molar-refractivity contribution in [2.45, 2.75) is 26.9 Å². The predicted molar refractivity (Wildman–Crippen MR) is 51.1 cm³/mol. The first-order valence-electron chi connectivity index (χ1n) is 4.53. The van der Waals surface area contributed by atoms with Crippen LogP contribution in [0.15, 0.2) is 6.07 Å². The van der Waals surface area contributed by atoms with Gasteiger partial charge >= 0.3 is 0 Å². The highest BCUT2D eigenvalue weighted by Crippen LogP contribution is 2.38.